The molecule has 0 fully saturated rings. The van der Waals surface area contributed by atoms with Crippen molar-refractivity contribution in [2.75, 3.05) is 13.2 Å². The summed E-state index contributed by atoms with van der Waals surface area (Å²) >= 11 is 1.66. The minimum atomic E-state index is 0.0244. The van der Waals surface area contributed by atoms with E-state index < -0.39 is 0 Å². The van der Waals surface area contributed by atoms with Gasteiger partial charge in [-0.15, -0.1) is 11.3 Å². The summed E-state index contributed by atoms with van der Waals surface area (Å²) in [7, 11) is 0. The monoisotopic (exact) mass is 255 g/mol. The zero-order valence-electron chi connectivity index (χ0n) is 11.0. The molecule has 0 bridgehead atoms. The van der Waals surface area contributed by atoms with E-state index in [-0.39, 0.29) is 12.0 Å². The van der Waals surface area contributed by atoms with Crippen LogP contribution in [0.1, 0.15) is 40.4 Å². The fraction of sp³-hybridized carbons (Fsp3) is 0.615. The van der Waals surface area contributed by atoms with Gasteiger partial charge in [-0.2, -0.15) is 0 Å². The molecular formula is C13H21NO2S. The van der Waals surface area contributed by atoms with Gasteiger partial charge in [0.15, 0.2) is 0 Å². The van der Waals surface area contributed by atoms with Crippen molar-refractivity contribution in [1.82, 2.24) is 5.32 Å². The standard InChI is InChI=1S/C13H21NO2S/c1-9(2)16-7-5-6-14-13(15)12-8-10(3)17-11(12)4/h8-9H,5-7H2,1-4H3,(H,14,15). The van der Waals surface area contributed by atoms with Gasteiger partial charge in [-0.25, -0.2) is 0 Å². The fourth-order valence-corrected chi connectivity index (χ4v) is 2.47. The molecule has 0 aromatic carbocycles. The van der Waals surface area contributed by atoms with Crippen LogP contribution in [0.15, 0.2) is 6.07 Å². The molecule has 1 rings (SSSR count). The van der Waals surface area contributed by atoms with Gasteiger partial charge in [0.2, 0.25) is 0 Å². The Labute approximate surface area is 107 Å². The van der Waals surface area contributed by atoms with Crippen molar-refractivity contribution < 1.29 is 9.53 Å². The summed E-state index contributed by atoms with van der Waals surface area (Å²) < 4.78 is 5.41. The Morgan fingerprint density at radius 3 is 2.71 bits per heavy atom. The SMILES string of the molecule is Cc1cc(C(=O)NCCCOC(C)C)c(C)s1. The van der Waals surface area contributed by atoms with Crippen LogP contribution in [0.4, 0.5) is 0 Å². The molecule has 0 aliphatic heterocycles. The van der Waals surface area contributed by atoms with Crippen molar-refractivity contribution >= 4 is 17.2 Å². The van der Waals surface area contributed by atoms with E-state index in [1.807, 2.05) is 33.8 Å². The van der Waals surface area contributed by atoms with Crippen molar-refractivity contribution in [3.8, 4) is 0 Å². The first-order chi connectivity index (χ1) is 8.00. The van der Waals surface area contributed by atoms with Gasteiger partial charge in [-0.05, 0) is 40.2 Å². The Morgan fingerprint density at radius 1 is 1.47 bits per heavy atom. The van der Waals surface area contributed by atoms with E-state index in [0.29, 0.717) is 13.2 Å². The van der Waals surface area contributed by atoms with E-state index in [9.17, 15) is 4.79 Å². The molecule has 3 nitrogen and oxygen atoms in total. The summed E-state index contributed by atoms with van der Waals surface area (Å²) in [5.74, 6) is 0.0244. The van der Waals surface area contributed by atoms with Crippen LogP contribution < -0.4 is 5.32 Å². The summed E-state index contributed by atoms with van der Waals surface area (Å²) in [5.41, 5.74) is 0.803. The zero-order valence-corrected chi connectivity index (χ0v) is 11.8. The Bertz CT molecular complexity index is 371. The first kappa shape index (κ1) is 14.2. The number of hydrogen-bond acceptors (Lipinski definition) is 3. The molecule has 1 aromatic heterocycles. The maximum Gasteiger partial charge on any atom is 0.252 e. The van der Waals surface area contributed by atoms with Crippen LogP contribution in [0.25, 0.3) is 0 Å². The smallest absolute Gasteiger partial charge is 0.252 e. The highest BCUT2D eigenvalue weighted by molar-refractivity contribution is 7.12. The second-order valence-corrected chi connectivity index (χ2v) is 5.82. The lowest BCUT2D eigenvalue weighted by Gasteiger charge is -2.08. The molecule has 1 N–H and O–H groups in total. The van der Waals surface area contributed by atoms with Crippen LogP contribution in [0.5, 0.6) is 0 Å². The Hall–Kier alpha value is -0.870. The lowest BCUT2D eigenvalue weighted by Crippen LogP contribution is -2.25. The second-order valence-electron chi connectivity index (χ2n) is 4.36. The average molecular weight is 255 g/mol. The van der Waals surface area contributed by atoms with Crippen molar-refractivity contribution in [3.05, 3.63) is 21.4 Å². The zero-order chi connectivity index (χ0) is 12.8. The second kappa shape index (κ2) is 6.77. The molecule has 0 aliphatic rings. The number of carbonyl (C=O) groups is 1. The molecule has 0 spiro atoms. The van der Waals surface area contributed by atoms with Crippen molar-refractivity contribution in [1.29, 1.82) is 0 Å². The van der Waals surface area contributed by atoms with E-state index in [4.69, 9.17) is 4.74 Å². The molecule has 0 aliphatic carbocycles. The highest BCUT2D eigenvalue weighted by atomic mass is 32.1. The molecule has 0 saturated carbocycles. The lowest BCUT2D eigenvalue weighted by atomic mass is 10.2. The van der Waals surface area contributed by atoms with Crippen LogP contribution in [0, 0.1) is 13.8 Å². The molecule has 17 heavy (non-hydrogen) atoms. The van der Waals surface area contributed by atoms with Gasteiger partial charge in [-0.1, -0.05) is 0 Å². The topological polar surface area (TPSA) is 38.3 Å². The van der Waals surface area contributed by atoms with Crippen LogP contribution >= 0.6 is 11.3 Å². The fourth-order valence-electron chi connectivity index (χ4n) is 1.54. The quantitative estimate of drug-likeness (QED) is 0.794. The molecule has 4 heteroatoms. The molecule has 96 valence electrons. The van der Waals surface area contributed by atoms with Gasteiger partial charge < -0.3 is 10.1 Å². The molecule has 0 radical (unpaired) electrons. The molecule has 0 saturated heterocycles. The summed E-state index contributed by atoms with van der Waals surface area (Å²) in [4.78, 5) is 14.1. The molecule has 1 aromatic rings. The summed E-state index contributed by atoms with van der Waals surface area (Å²) in [6.07, 6.45) is 1.11. The van der Waals surface area contributed by atoms with Crippen LogP contribution in [0.3, 0.4) is 0 Å². The predicted octanol–water partition coefficient (Wildman–Crippen LogP) is 2.91. The highest BCUT2D eigenvalue weighted by Crippen LogP contribution is 2.20. The maximum absolute atomic E-state index is 11.8. The number of rotatable bonds is 6. The van der Waals surface area contributed by atoms with Gasteiger partial charge >= 0.3 is 0 Å². The number of ether oxygens (including phenoxy) is 1. The third-order valence-electron chi connectivity index (χ3n) is 2.34. The van der Waals surface area contributed by atoms with Crippen molar-refractivity contribution in [2.45, 2.75) is 40.2 Å². The van der Waals surface area contributed by atoms with Gasteiger partial charge in [0.25, 0.3) is 5.91 Å². The van der Waals surface area contributed by atoms with Gasteiger partial charge in [0.05, 0.1) is 11.7 Å². The van der Waals surface area contributed by atoms with Crippen molar-refractivity contribution in [2.24, 2.45) is 0 Å². The third-order valence-corrected chi connectivity index (χ3v) is 3.31. The normalized spacial score (nSPS) is 10.9. The third kappa shape index (κ3) is 4.88. The van der Waals surface area contributed by atoms with Gasteiger partial charge in [0, 0.05) is 22.9 Å². The number of amides is 1. The van der Waals surface area contributed by atoms with Gasteiger partial charge in [-0.3, -0.25) is 4.79 Å². The number of aryl methyl sites for hydroxylation is 2. The minimum Gasteiger partial charge on any atom is -0.379 e. The average Bonchev–Trinajstić information content (AvgIpc) is 2.56. The number of hydrogen-bond donors (Lipinski definition) is 1. The Kier molecular flexibility index (Phi) is 5.65. The van der Waals surface area contributed by atoms with Crippen LogP contribution in [-0.2, 0) is 4.74 Å². The molecule has 1 amide bonds. The van der Waals surface area contributed by atoms with E-state index >= 15 is 0 Å². The lowest BCUT2D eigenvalue weighted by molar-refractivity contribution is 0.0757. The maximum atomic E-state index is 11.8. The number of carbonyl (C=O) groups excluding carboxylic acids is 1. The number of thiophene rings is 1. The predicted molar refractivity (Wildman–Crippen MR) is 71.8 cm³/mol. The summed E-state index contributed by atoms with van der Waals surface area (Å²) in [5, 5.41) is 2.91. The highest BCUT2D eigenvalue weighted by Gasteiger charge is 2.10. The summed E-state index contributed by atoms with van der Waals surface area (Å²) in [6, 6.07) is 1.94. The van der Waals surface area contributed by atoms with Crippen molar-refractivity contribution in [3.63, 3.8) is 0 Å². The Morgan fingerprint density at radius 2 is 2.18 bits per heavy atom. The summed E-state index contributed by atoms with van der Waals surface area (Å²) in [6.45, 7) is 9.38. The van der Waals surface area contributed by atoms with Crippen LogP contribution in [0.2, 0.25) is 0 Å². The molecule has 0 atom stereocenters. The molecular weight excluding hydrogens is 234 g/mol. The largest absolute Gasteiger partial charge is 0.379 e. The molecule has 1 heterocycles. The van der Waals surface area contributed by atoms with E-state index in [2.05, 4.69) is 5.32 Å². The van der Waals surface area contributed by atoms with Gasteiger partial charge in [0.1, 0.15) is 0 Å². The van der Waals surface area contributed by atoms with E-state index in [1.165, 1.54) is 4.88 Å². The van der Waals surface area contributed by atoms with E-state index in [0.717, 1.165) is 16.9 Å². The first-order valence-electron chi connectivity index (χ1n) is 5.97. The number of nitrogens with one attached hydrogen (secondary N) is 1. The first-order valence-corrected chi connectivity index (χ1v) is 6.79. The minimum absolute atomic E-state index is 0.0244. The van der Waals surface area contributed by atoms with E-state index in [1.54, 1.807) is 11.3 Å². The Balaban J connectivity index is 2.28. The molecule has 0 unspecified atom stereocenters. The van der Waals surface area contributed by atoms with Crippen LogP contribution in [-0.4, -0.2) is 25.2 Å².